The van der Waals surface area contributed by atoms with E-state index in [1.165, 1.54) is 0 Å². The molecule has 0 saturated heterocycles. The Morgan fingerprint density at radius 1 is 1.20 bits per heavy atom. The third-order valence-corrected chi connectivity index (χ3v) is 3.09. The van der Waals surface area contributed by atoms with Gasteiger partial charge in [-0.1, -0.05) is 29.8 Å². The Bertz CT molecular complexity index is 624. The van der Waals surface area contributed by atoms with Crippen LogP contribution in [-0.2, 0) is 13.1 Å². The average molecular weight is 270 g/mol. The molecule has 4 heteroatoms. The molecule has 20 heavy (non-hydrogen) atoms. The van der Waals surface area contributed by atoms with E-state index in [1.54, 1.807) is 24.3 Å². The van der Waals surface area contributed by atoms with Crippen LogP contribution in [0.4, 0.5) is 0 Å². The van der Waals surface area contributed by atoms with E-state index in [2.05, 4.69) is 5.32 Å². The fourth-order valence-electron chi connectivity index (χ4n) is 2.03. The lowest BCUT2D eigenvalue weighted by molar-refractivity contribution is 0.1000. The minimum Gasteiger partial charge on any atom is -0.508 e. The van der Waals surface area contributed by atoms with E-state index in [0.717, 1.165) is 16.7 Å². The number of rotatable bonds is 5. The molecule has 2 aromatic rings. The van der Waals surface area contributed by atoms with Crippen LogP contribution in [0.3, 0.4) is 0 Å². The number of carbonyl (C=O) groups is 1. The number of aromatic hydroxyl groups is 1. The minimum absolute atomic E-state index is 0.286. The van der Waals surface area contributed by atoms with Crippen molar-refractivity contribution in [1.82, 2.24) is 5.32 Å². The van der Waals surface area contributed by atoms with Crippen LogP contribution in [0.1, 0.15) is 27.0 Å². The lowest BCUT2D eigenvalue weighted by Gasteiger charge is -2.08. The van der Waals surface area contributed by atoms with Gasteiger partial charge in [-0.25, -0.2) is 0 Å². The van der Waals surface area contributed by atoms with Gasteiger partial charge < -0.3 is 16.2 Å². The van der Waals surface area contributed by atoms with Crippen molar-refractivity contribution in [3.63, 3.8) is 0 Å². The normalized spacial score (nSPS) is 10.4. The van der Waals surface area contributed by atoms with Crippen LogP contribution >= 0.6 is 0 Å². The van der Waals surface area contributed by atoms with Gasteiger partial charge in [-0.15, -0.1) is 0 Å². The van der Waals surface area contributed by atoms with Gasteiger partial charge in [0.1, 0.15) is 5.75 Å². The Hall–Kier alpha value is -2.33. The van der Waals surface area contributed by atoms with Crippen LogP contribution in [-0.4, -0.2) is 11.0 Å². The number of phenols is 1. The monoisotopic (exact) mass is 270 g/mol. The molecule has 0 aromatic heterocycles. The van der Waals surface area contributed by atoms with Gasteiger partial charge in [0.15, 0.2) is 0 Å². The van der Waals surface area contributed by atoms with Gasteiger partial charge in [-0.05, 0) is 30.7 Å². The smallest absolute Gasteiger partial charge is 0.248 e. The maximum Gasteiger partial charge on any atom is 0.248 e. The van der Waals surface area contributed by atoms with Crippen molar-refractivity contribution in [2.75, 3.05) is 0 Å². The summed E-state index contributed by atoms with van der Waals surface area (Å²) in [7, 11) is 0. The molecule has 2 aromatic carbocycles. The highest BCUT2D eigenvalue weighted by Crippen LogP contribution is 2.17. The van der Waals surface area contributed by atoms with E-state index in [9.17, 15) is 9.90 Å². The molecule has 104 valence electrons. The molecule has 0 fully saturated rings. The highest BCUT2D eigenvalue weighted by atomic mass is 16.3. The number of carbonyl (C=O) groups excluding carboxylic acids is 1. The molecule has 0 radical (unpaired) electrons. The number of nitrogens with one attached hydrogen (secondary N) is 1. The number of phenolic OH excluding ortho intramolecular Hbond substituents is 1. The zero-order valence-electron chi connectivity index (χ0n) is 11.4. The summed E-state index contributed by atoms with van der Waals surface area (Å²) in [5, 5.41) is 13.0. The first-order chi connectivity index (χ1) is 9.56. The molecule has 0 bridgehead atoms. The third-order valence-electron chi connectivity index (χ3n) is 3.09. The highest BCUT2D eigenvalue weighted by Gasteiger charge is 2.03. The van der Waals surface area contributed by atoms with Gasteiger partial charge in [0.25, 0.3) is 0 Å². The summed E-state index contributed by atoms with van der Waals surface area (Å²) in [6.07, 6.45) is 0. The fourth-order valence-corrected chi connectivity index (χ4v) is 2.03. The van der Waals surface area contributed by atoms with Gasteiger partial charge >= 0.3 is 0 Å². The summed E-state index contributed by atoms with van der Waals surface area (Å²) in [6.45, 7) is 3.15. The Morgan fingerprint density at radius 2 is 2.00 bits per heavy atom. The quantitative estimate of drug-likeness (QED) is 0.778. The predicted molar refractivity (Wildman–Crippen MR) is 78.3 cm³/mol. The lowest BCUT2D eigenvalue weighted by Crippen LogP contribution is -2.15. The number of aryl methyl sites for hydroxylation is 1. The first kappa shape index (κ1) is 14.1. The zero-order chi connectivity index (χ0) is 14.5. The van der Waals surface area contributed by atoms with E-state index >= 15 is 0 Å². The second kappa shape index (κ2) is 6.21. The van der Waals surface area contributed by atoms with Crippen LogP contribution in [0.5, 0.6) is 5.75 Å². The number of nitrogens with two attached hydrogens (primary N) is 1. The summed E-state index contributed by atoms with van der Waals surface area (Å²) < 4.78 is 0. The first-order valence-electron chi connectivity index (χ1n) is 6.44. The molecule has 0 aliphatic heterocycles. The summed E-state index contributed by atoms with van der Waals surface area (Å²) in [4.78, 5) is 11.1. The standard InChI is InChI=1S/C16H18N2O2/c1-11-5-6-15(19)14(7-11)10-18-9-12-3-2-4-13(8-12)16(17)20/h2-8,18-19H,9-10H2,1H3,(H2,17,20). The molecule has 0 aliphatic rings. The van der Waals surface area contributed by atoms with Crippen LogP contribution in [0, 0.1) is 6.92 Å². The Kier molecular flexibility index (Phi) is 4.38. The highest BCUT2D eigenvalue weighted by molar-refractivity contribution is 5.92. The number of hydrogen-bond donors (Lipinski definition) is 3. The molecule has 0 spiro atoms. The number of primary amides is 1. The van der Waals surface area contributed by atoms with Crippen molar-refractivity contribution >= 4 is 5.91 Å². The van der Waals surface area contributed by atoms with Crippen LogP contribution in [0.15, 0.2) is 42.5 Å². The zero-order valence-corrected chi connectivity index (χ0v) is 11.4. The van der Waals surface area contributed by atoms with Gasteiger partial charge in [0.2, 0.25) is 5.91 Å². The van der Waals surface area contributed by atoms with Crippen LogP contribution < -0.4 is 11.1 Å². The molecular weight excluding hydrogens is 252 g/mol. The van der Waals surface area contributed by atoms with Crippen LogP contribution in [0.25, 0.3) is 0 Å². The summed E-state index contributed by atoms with van der Waals surface area (Å²) in [5.41, 5.74) is 8.69. The molecule has 0 atom stereocenters. The van der Waals surface area contributed by atoms with E-state index in [0.29, 0.717) is 18.7 Å². The molecule has 0 saturated carbocycles. The lowest BCUT2D eigenvalue weighted by atomic mass is 10.1. The summed E-state index contributed by atoms with van der Waals surface area (Å²) in [6, 6.07) is 12.7. The topological polar surface area (TPSA) is 75.3 Å². The largest absolute Gasteiger partial charge is 0.508 e. The maximum atomic E-state index is 11.1. The van der Waals surface area contributed by atoms with E-state index in [-0.39, 0.29) is 5.75 Å². The van der Waals surface area contributed by atoms with Crippen molar-refractivity contribution in [2.45, 2.75) is 20.0 Å². The number of hydrogen-bond acceptors (Lipinski definition) is 3. The molecule has 0 unspecified atom stereocenters. The Morgan fingerprint density at radius 3 is 2.75 bits per heavy atom. The van der Waals surface area contributed by atoms with Crippen molar-refractivity contribution in [3.05, 3.63) is 64.7 Å². The number of benzene rings is 2. The molecule has 0 heterocycles. The molecule has 0 aliphatic carbocycles. The van der Waals surface area contributed by atoms with Gasteiger partial charge in [-0.2, -0.15) is 0 Å². The van der Waals surface area contributed by atoms with Crippen molar-refractivity contribution in [1.29, 1.82) is 0 Å². The average Bonchev–Trinajstić information content (AvgIpc) is 2.43. The molecule has 4 N–H and O–H groups in total. The second-order valence-electron chi connectivity index (χ2n) is 4.80. The molecule has 4 nitrogen and oxygen atoms in total. The minimum atomic E-state index is -0.428. The summed E-state index contributed by atoms with van der Waals surface area (Å²) >= 11 is 0. The van der Waals surface area contributed by atoms with Gasteiger partial charge in [0, 0.05) is 24.2 Å². The molecule has 1 amide bonds. The fraction of sp³-hybridized carbons (Fsp3) is 0.188. The molecule has 2 rings (SSSR count). The maximum absolute atomic E-state index is 11.1. The van der Waals surface area contributed by atoms with Crippen molar-refractivity contribution < 1.29 is 9.90 Å². The van der Waals surface area contributed by atoms with Crippen LogP contribution in [0.2, 0.25) is 0 Å². The number of amides is 1. The van der Waals surface area contributed by atoms with Crippen molar-refractivity contribution in [2.24, 2.45) is 5.73 Å². The van der Waals surface area contributed by atoms with E-state index < -0.39 is 5.91 Å². The van der Waals surface area contributed by atoms with Crippen molar-refractivity contribution in [3.8, 4) is 5.75 Å². The van der Waals surface area contributed by atoms with E-state index in [4.69, 9.17) is 5.73 Å². The SMILES string of the molecule is Cc1ccc(O)c(CNCc2cccc(C(N)=O)c2)c1. The third kappa shape index (κ3) is 3.59. The Balaban J connectivity index is 1.97. The molecular formula is C16H18N2O2. The first-order valence-corrected chi connectivity index (χ1v) is 6.44. The van der Waals surface area contributed by atoms with Gasteiger partial charge in [-0.3, -0.25) is 4.79 Å². The Labute approximate surface area is 118 Å². The predicted octanol–water partition coefficient (Wildman–Crippen LogP) is 2.09. The second-order valence-corrected chi connectivity index (χ2v) is 4.80. The van der Waals surface area contributed by atoms with E-state index in [1.807, 2.05) is 25.1 Å². The van der Waals surface area contributed by atoms with Gasteiger partial charge in [0.05, 0.1) is 0 Å². The summed E-state index contributed by atoms with van der Waals surface area (Å²) in [5.74, 6) is -0.142.